The van der Waals surface area contributed by atoms with E-state index in [9.17, 15) is 19.5 Å². The Balaban J connectivity index is 1.24. The first-order valence-corrected chi connectivity index (χ1v) is 13.4. The van der Waals surface area contributed by atoms with Crippen LogP contribution in [0.15, 0.2) is 6.08 Å². The quantitative estimate of drug-likeness (QED) is 0.540. The first-order valence-electron chi connectivity index (χ1n) is 12.6. The number of nitrogens with two attached hydrogens (primary N) is 1. The van der Waals surface area contributed by atoms with Crippen molar-refractivity contribution >= 4 is 45.1 Å². The Morgan fingerprint density at radius 1 is 1.29 bits per heavy atom. The number of amides is 3. The Morgan fingerprint density at radius 3 is 2.69 bits per heavy atom. The number of fused-ring (bicyclic) bond motifs is 1. The minimum atomic E-state index is -0.581. The van der Waals surface area contributed by atoms with E-state index in [-0.39, 0.29) is 36.4 Å². The molecule has 4 N–H and O–H groups in total. The average Bonchev–Trinajstić information content (AvgIpc) is 3.29. The van der Waals surface area contributed by atoms with E-state index in [2.05, 4.69) is 10.2 Å². The van der Waals surface area contributed by atoms with Crippen molar-refractivity contribution in [2.24, 2.45) is 5.41 Å². The fraction of sp³-hybridized carbons (Fsp3) is 0.640. The Labute approximate surface area is 209 Å². The van der Waals surface area contributed by atoms with Crippen LogP contribution in [0, 0.1) is 5.41 Å². The SMILES string of the molecule is CC(C)N1C(=O)CC2(CCCN(C3CCN(C(=O)c4c(N)sc5c4C=CC(CO)N5)CC3)C2)C1=O. The first kappa shape index (κ1) is 24.3. The smallest absolute Gasteiger partial charge is 0.257 e. The molecule has 3 amide bonds. The molecule has 1 aromatic heterocycles. The number of carbonyl (C=O) groups excluding carboxylic acids is 3. The highest BCUT2D eigenvalue weighted by molar-refractivity contribution is 7.20. The van der Waals surface area contributed by atoms with Crippen LogP contribution in [0.1, 0.15) is 61.9 Å². The van der Waals surface area contributed by atoms with E-state index < -0.39 is 5.41 Å². The fourth-order valence-corrected chi connectivity index (χ4v) is 7.23. The summed E-state index contributed by atoms with van der Waals surface area (Å²) in [5, 5.41) is 14.0. The fourth-order valence-electron chi connectivity index (χ4n) is 6.22. The van der Waals surface area contributed by atoms with Gasteiger partial charge in [-0.2, -0.15) is 0 Å². The van der Waals surface area contributed by atoms with E-state index in [0.29, 0.717) is 42.7 Å². The largest absolute Gasteiger partial charge is 0.394 e. The van der Waals surface area contributed by atoms with E-state index >= 15 is 0 Å². The van der Waals surface area contributed by atoms with E-state index in [0.717, 1.165) is 42.8 Å². The van der Waals surface area contributed by atoms with Crippen molar-refractivity contribution in [3.63, 3.8) is 0 Å². The van der Waals surface area contributed by atoms with Crippen LogP contribution >= 0.6 is 11.3 Å². The summed E-state index contributed by atoms with van der Waals surface area (Å²) in [5.74, 6) is -0.0953. The summed E-state index contributed by atoms with van der Waals surface area (Å²) in [6.07, 6.45) is 7.42. The van der Waals surface area contributed by atoms with Gasteiger partial charge in [0.25, 0.3) is 5.91 Å². The summed E-state index contributed by atoms with van der Waals surface area (Å²) < 4.78 is 0. The summed E-state index contributed by atoms with van der Waals surface area (Å²) in [5.41, 5.74) is 7.02. The van der Waals surface area contributed by atoms with Crippen LogP contribution in [-0.4, -0.2) is 88.4 Å². The number of aliphatic hydroxyl groups excluding tert-OH is 1. The molecule has 0 bridgehead atoms. The highest BCUT2D eigenvalue weighted by Gasteiger charge is 2.54. The van der Waals surface area contributed by atoms with Gasteiger partial charge in [-0.3, -0.25) is 24.2 Å². The molecule has 0 aliphatic carbocycles. The van der Waals surface area contributed by atoms with Gasteiger partial charge in [0.05, 0.1) is 28.6 Å². The molecular weight excluding hydrogens is 466 g/mol. The second kappa shape index (κ2) is 9.22. The number of rotatable bonds is 4. The number of nitrogens with one attached hydrogen (secondary N) is 1. The number of likely N-dealkylation sites (tertiary alicyclic amines) is 3. The van der Waals surface area contributed by atoms with Gasteiger partial charge in [0.15, 0.2) is 0 Å². The van der Waals surface area contributed by atoms with Crippen molar-refractivity contribution in [1.29, 1.82) is 0 Å². The monoisotopic (exact) mass is 501 g/mol. The lowest BCUT2D eigenvalue weighted by Gasteiger charge is -2.45. The van der Waals surface area contributed by atoms with Crippen molar-refractivity contribution in [2.45, 2.75) is 64.1 Å². The van der Waals surface area contributed by atoms with Gasteiger partial charge in [0.1, 0.15) is 5.00 Å². The predicted molar refractivity (Wildman–Crippen MR) is 136 cm³/mol. The van der Waals surface area contributed by atoms with Gasteiger partial charge in [-0.25, -0.2) is 0 Å². The molecule has 190 valence electrons. The zero-order valence-electron chi connectivity index (χ0n) is 20.5. The molecule has 1 spiro atoms. The van der Waals surface area contributed by atoms with Crippen molar-refractivity contribution in [1.82, 2.24) is 14.7 Å². The minimum absolute atomic E-state index is 0.00220. The zero-order chi connectivity index (χ0) is 24.9. The Kier molecular flexibility index (Phi) is 6.39. The minimum Gasteiger partial charge on any atom is -0.394 e. The molecule has 4 aliphatic rings. The Morgan fingerprint density at radius 2 is 2.03 bits per heavy atom. The summed E-state index contributed by atoms with van der Waals surface area (Å²) in [4.78, 5) is 44.9. The van der Waals surface area contributed by atoms with Gasteiger partial charge in [0.2, 0.25) is 11.8 Å². The number of hydrogen-bond acceptors (Lipinski definition) is 8. The van der Waals surface area contributed by atoms with E-state index in [1.165, 1.54) is 16.2 Å². The number of nitrogens with zero attached hydrogens (tertiary/aromatic N) is 3. The second-order valence-corrected chi connectivity index (χ2v) is 11.6. The number of nitrogen functional groups attached to an aromatic ring is 1. The number of thiophene rings is 1. The summed E-state index contributed by atoms with van der Waals surface area (Å²) in [6.45, 7) is 6.62. The van der Waals surface area contributed by atoms with Crippen LogP contribution < -0.4 is 11.1 Å². The Bertz CT molecular complexity index is 1060. The summed E-state index contributed by atoms with van der Waals surface area (Å²) >= 11 is 1.35. The maximum absolute atomic E-state index is 13.4. The topological polar surface area (TPSA) is 119 Å². The number of aliphatic hydroxyl groups is 1. The molecule has 9 nitrogen and oxygen atoms in total. The third-order valence-electron chi connectivity index (χ3n) is 8.02. The molecule has 10 heteroatoms. The van der Waals surface area contributed by atoms with Gasteiger partial charge in [-0.15, -0.1) is 11.3 Å². The molecule has 3 saturated heterocycles. The molecule has 2 atom stereocenters. The van der Waals surface area contributed by atoms with Crippen LogP contribution in [-0.2, 0) is 9.59 Å². The molecule has 35 heavy (non-hydrogen) atoms. The van der Waals surface area contributed by atoms with Crippen LogP contribution in [0.5, 0.6) is 0 Å². The highest BCUT2D eigenvalue weighted by Crippen LogP contribution is 2.43. The van der Waals surface area contributed by atoms with Crippen LogP contribution in [0.2, 0.25) is 0 Å². The van der Waals surface area contributed by atoms with Gasteiger partial charge in [0, 0.05) is 43.7 Å². The van der Waals surface area contributed by atoms with Gasteiger partial charge < -0.3 is 21.1 Å². The second-order valence-electron chi connectivity index (χ2n) is 10.6. The molecular formula is C25H35N5O4S. The lowest BCUT2D eigenvalue weighted by Crippen LogP contribution is -2.54. The van der Waals surface area contributed by atoms with E-state index in [1.54, 1.807) is 0 Å². The first-order chi connectivity index (χ1) is 16.7. The summed E-state index contributed by atoms with van der Waals surface area (Å²) in [7, 11) is 0. The van der Waals surface area contributed by atoms with Crippen LogP contribution in [0.25, 0.3) is 6.08 Å². The lowest BCUT2D eigenvalue weighted by molar-refractivity contribution is -0.145. The standard InChI is InChI=1S/C25H35N5O4S/c1-15(2)30-19(32)12-25(24(30)34)8-3-9-29(14-25)17-6-10-28(11-7-17)23(33)20-18-5-4-16(13-31)27-22(18)35-21(20)26/h4-5,15-17,27,31H,3,6-14,26H2,1-2H3. The number of imide groups is 1. The Hall–Kier alpha value is -2.43. The van der Waals surface area contributed by atoms with E-state index in [1.807, 2.05) is 30.9 Å². The third-order valence-corrected chi connectivity index (χ3v) is 8.98. The van der Waals surface area contributed by atoms with Gasteiger partial charge in [-0.05, 0) is 46.1 Å². The number of carbonyl (C=O) groups is 3. The van der Waals surface area contributed by atoms with Gasteiger partial charge in [-0.1, -0.05) is 12.2 Å². The van der Waals surface area contributed by atoms with Crippen LogP contribution in [0.3, 0.4) is 0 Å². The number of hydrogen-bond donors (Lipinski definition) is 3. The van der Waals surface area contributed by atoms with Gasteiger partial charge >= 0.3 is 0 Å². The molecule has 5 heterocycles. The molecule has 4 aliphatic heterocycles. The van der Waals surface area contributed by atoms with Crippen molar-refractivity contribution in [3.8, 4) is 0 Å². The average molecular weight is 502 g/mol. The predicted octanol–water partition coefficient (Wildman–Crippen LogP) is 1.98. The molecule has 1 aromatic rings. The normalized spacial score (nSPS) is 27.7. The molecule has 5 rings (SSSR count). The number of anilines is 2. The molecule has 3 fully saturated rings. The van der Waals surface area contributed by atoms with Crippen molar-refractivity contribution < 1.29 is 19.5 Å². The summed E-state index contributed by atoms with van der Waals surface area (Å²) in [6, 6.07) is 0.0310. The molecule has 0 radical (unpaired) electrons. The zero-order valence-corrected chi connectivity index (χ0v) is 21.3. The molecule has 0 aromatic carbocycles. The molecule has 0 saturated carbocycles. The maximum atomic E-state index is 13.4. The third kappa shape index (κ3) is 4.15. The number of piperidine rings is 2. The van der Waals surface area contributed by atoms with Crippen LogP contribution in [0.4, 0.5) is 10.0 Å². The lowest BCUT2D eigenvalue weighted by atomic mass is 9.77. The van der Waals surface area contributed by atoms with E-state index in [4.69, 9.17) is 5.73 Å². The van der Waals surface area contributed by atoms with Crippen molar-refractivity contribution in [3.05, 3.63) is 17.2 Å². The maximum Gasteiger partial charge on any atom is 0.257 e. The molecule has 2 unspecified atom stereocenters. The highest BCUT2D eigenvalue weighted by atomic mass is 32.1. The van der Waals surface area contributed by atoms with Crippen molar-refractivity contribution in [2.75, 3.05) is 43.8 Å².